The lowest BCUT2D eigenvalue weighted by Crippen LogP contribution is -2.39. The van der Waals surface area contributed by atoms with Crippen molar-refractivity contribution in [2.75, 3.05) is 19.6 Å². The molecular formula is C25H27FN4O2. The average molecular weight is 435 g/mol. The zero-order chi connectivity index (χ0) is 22.1. The molecule has 6 nitrogen and oxygen atoms in total. The van der Waals surface area contributed by atoms with Crippen LogP contribution in [-0.2, 0) is 6.54 Å². The first-order valence-electron chi connectivity index (χ1n) is 11.3. The molecule has 3 aromatic rings. The molecule has 1 saturated heterocycles. The van der Waals surface area contributed by atoms with Gasteiger partial charge in [0.2, 0.25) is 0 Å². The standard InChI is InChI=1S/C25H27FN4O2/c26-21-13-19(14-27-15-21)4-2-1-3-18-9-11-28(12-10-18)16-22-17-29-23(31)7-5-20-6-8-24(32)30(22)25(20)29/h2,4-8,13-15,18,22H,1,3,9-12,16-17H2/b4-2+/t22-/m1/s1. The average Bonchev–Trinajstić information content (AvgIpc) is 3.18. The zero-order valence-corrected chi connectivity index (χ0v) is 18.0. The lowest BCUT2D eigenvalue weighted by molar-refractivity contribution is 0.157. The van der Waals surface area contributed by atoms with E-state index in [1.165, 1.54) is 12.3 Å². The van der Waals surface area contributed by atoms with E-state index in [-0.39, 0.29) is 23.0 Å². The predicted octanol–water partition coefficient (Wildman–Crippen LogP) is 3.46. The molecule has 0 aliphatic carbocycles. The Bertz CT molecular complexity index is 1270. The van der Waals surface area contributed by atoms with Crippen molar-refractivity contribution >= 4 is 17.1 Å². The van der Waals surface area contributed by atoms with Crippen LogP contribution < -0.4 is 11.1 Å². The monoisotopic (exact) mass is 434 g/mol. The molecule has 7 heteroatoms. The fourth-order valence-electron chi connectivity index (χ4n) is 5.12. The fourth-order valence-corrected chi connectivity index (χ4v) is 5.12. The van der Waals surface area contributed by atoms with E-state index in [9.17, 15) is 14.0 Å². The second kappa shape index (κ2) is 8.82. The van der Waals surface area contributed by atoms with Gasteiger partial charge in [-0.15, -0.1) is 0 Å². The number of rotatable bonds is 6. The first kappa shape index (κ1) is 20.8. The quantitative estimate of drug-likeness (QED) is 0.596. The molecule has 32 heavy (non-hydrogen) atoms. The molecule has 0 bridgehead atoms. The molecule has 0 radical (unpaired) electrons. The maximum Gasteiger partial charge on any atom is 0.252 e. The van der Waals surface area contributed by atoms with E-state index in [2.05, 4.69) is 16.0 Å². The summed E-state index contributed by atoms with van der Waals surface area (Å²) in [4.78, 5) is 31.2. The Labute approximate surface area is 185 Å². The Balaban J connectivity index is 1.15. The van der Waals surface area contributed by atoms with Gasteiger partial charge < -0.3 is 4.90 Å². The summed E-state index contributed by atoms with van der Waals surface area (Å²) in [5, 5.41) is 0.937. The van der Waals surface area contributed by atoms with E-state index >= 15 is 0 Å². The third-order valence-corrected chi connectivity index (χ3v) is 6.77. The molecule has 0 saturated carbocycles. The van der Waals surface area contributed by atoms with Crippen molar-refractivity contribution < 1.29 is 4.39 Å². The Hall–Kier alpha value is -3.06. The number of allylic oxidation sites excluding steroid dienone is 1. The van der Waals surface area contributed by atoms with Gasteiger partial charge in [0.15, 0.2) is 0 Å². The minimum absolute atomic E-state index is 0.000612. The molecule has 0 N–H and O–H groups in total. The van der Waals surface area contributed by atoms with Crippen molar-refractivity contribution in [3.05, 3.63) is 80.9 Å². The molecule has 0 aromatic carbocycles. The van der Waals surface area contributed by atoms with E-state index in [1.54, 1.807) is 35.0 Å². The number of nitrogens with zero attached hydrogens (tertiary/aromatic N) is 4. The summed E-state index contributed by atoms with van der Waals surface area (Å²) in [6.07, 6.45) is 11.3. The highest BCUT2D eigenvalue weighted by atomic mass is 19.1. The van der Waals surface area contributed by atoms with Crippen molar-refractivity contribution in [3.8, 4) is 0 Å². The maximum atomic E-state index is 13.2. The summed E-state index contributed by atoms with van der Waals surface area (Å²) < 4.78 is 16.8. The van der Waals surface area contributed by atoms with Gasteiger partial charge in [0.05, 0.1) is 12.2 Å². The maximum absolute atomic E-state index is 13.2. The van der Waals surface area contributed by atoms with E-state index in [0.29, 0.717) is 12.5 Å². The Morgan fingerprint density at radius 1 is 1.06 bits per heavy atom. The number of pyridine rings is 3. The SMILES string of the molecule is O=c1ccc2ccc(=O)n3c2n1C[C@H]3CN1CCC(CC/C=C/c2cncc(F)c2)CC1. The number of likely N-dealkylation sites (tertiary alicyclic amines) is 1. The molecule has 1 fully saturated rings. The largest absolute Gasteiger partial charge is 0.301 e. The predicted molar refractivity (Wildman–Crippen MR) is 123 cm³/mol. The Morgan fingerprint density at radius 3 is 2.62 bits per heavy atom. The van der Waals surface area contributed by atoms with Gasteiger partial charge in [-0.1, -0.05) is 12.2 Å². The lowest BCUT2D eigenvalue weighted by atomic mass is 9.92. The lowest BCUT2D eigenvalue weighted by Gasteiger charge is -2.33. The first-order valence-corrected chi connectivity index (χ1v) is 11.3. The van der Waals surface area contributed by atoms with Gasteiger partial charge in [0.25, 0.3) is 11.1 Å². The number of hydrogen-bond donors (Lipinski definition) is 0. The number of hydrogen-bond acceptors (Lipinski definition) is 4. The molecule has 2 aliphatic rings. The Kier molecular flexibility index (Phi) is 5.74. The van der Waals surface area contributed by atoms with E-state index < -0.39 is 0 Å². The van der Waals surface area contributed by atoms with Crippen LogP contribution in [0.3, 0.4) is 0 Å². The van der Waals surface area contributed by atoms with E-state index in [0.717, 1.165) is 61.9 Å². The van der Waals surface area contributed by atoms with Crippen LogP contribution in [0.2, 0.25) is 0 Å². The second-order valence-corrected chi connectivity index (χ2v) is 8.92. The topological polar surface area (TPSA) is 60.1 Å². The molecular weight excluding hydrogens is 407 g/mol. The van der Waals surface area contributed by atoms with E-state index in [1.807, 2.05) is 10.6 Å². The first-order chi connectivity index (χ1) is 15.6. The highest BCUT2D eigenvalue weighted by molar-refractivity contribution is 5.76. The molecule has 2 aliphatic heterocycles. The van der Waals surface area contributed by atoms with Gasteiger partial charge in [-0.05, 0) is 68.5 Å². The third kappa shape index (κ3) is 4.17. The molecule has 0 spiro atoms. The summed E-state index contributed by atoms with van der Waals surface area (Å²) in [7, 11) is 0. The second-order valence-electron chi connectivity index (χ2n) is 8.92. The van der Waals surface area contributed by atoms with Gasteiger partial charge in [0.1, 0.15) is 11.5 Å². The minimum Gasteiger partial charge on any atom is -0.301 e. The summed E-state index contributed by atoms with van der Waals surface area (Å²) in [5.74, 6) is 0.365. The Morgan fingerprint density at radius 2 is 1.84 bits per heavy atom. The van der Waals surface area contributed by atoms with Gasteiger partial charge >= 0.3 is 0 Å². The number of halogens is 1. The van der Waals surface area contributed by atoms with Gasteiger partial charge in [-0.2, -0.15) is 0 Å². The summed E-state index contributed by atoms with van der Waals surface area (Å²) in [5.41, 5.74) is 1.47. The molecule has 5 rings (SSSR count). The number of piperidine rings is 1. The van der Waals surface area contributed by atoms with Crippen LogP contribution in [0.15, 0.2) is 58.4 Å². The van der Waals surface area contributed by atoms with Gasteiger partial charge in [-0.3, -0.25) is 23.7 Å². The van der Waals surface area contributed by atoms with Crippen LogP contribution in [0.25, 0.3) is 17.1 Å². The molecule has 166 valence electrons. The fraction of sp³-hybridized carbons (Fsp3) is 0.400. The van der Waals surface area contributed by atoms with Crippen molar-refractivity contribution in [1.29, 1.82) is 0 Å². The van der Waals surface area contributed by atoms with Crippen molar-refractivity contribution in [3.63, 3.8) is 0 Å². The molecule has 3 aromatic heterocycles. The van der Waals surface area contributed by atoms with Crippen LogP contribution in [0.4, 0.5) is 4.39 Å². The highest BCUT2D eigenvalue weighted by Crippen LogP contribution is 2.27. The van der Waals surface area contributed by atoms with Crippen LogP contribution >= 0.6 is 0 Å². The van der Waals surface area contributed by atoms with Crippen molar-refractivity contribution in [1.82, 2.24) is 19.0 Å². The third-order valence-electron chi connectivity index (χ3n) is 6.77. The molecule has 5 heterocycles. The summed E-state index contributed by atoms with van der Waals surface area (Å²) in [6.45, 7) is 3.37. The summed E-state index contributed by atoms with van der Waals surface area (Å²) in [6, 6.07) is 8.29. The molecule has 1 atom stereocenters. The zero-order valence-electron chi connectivity index (χ0n) is 18.0. The summed E-state index contributed by atoms with van der Waals surface area (Å²) >= 11 is 0. The smallest absolute Gasteiger partial charge is 0.252 e. The molecule has 0 amide bonds. The van der Waals surface area contributed by atoms with Gasteiger partial charge in [-0.25, -0.2) is 4.39 Å². The van der Waals surface area contributed by atoms with E-state index in [4.69, 9.17) is 0 Å². The normalized spacial score (nSPS) is 19.3. The van der Waals surface area contributed by atoms with Crippen molar-refractivity contribution in [2.24, 2.45) is 5.92 Å². The van der Waals surface area contributed by atoms with Gasteiger partial charge in [0, 0.05) is 36.8 Å². The van der Waals surface area contributed by atoms with Crippen LogP contribution in [-0.4, -0.2) is 38.7 Å². The minimum atomic E-state index is -0.312. The van der Waals surface area contributed by atoms with Crippen LogP contribution in [0.1, 0.15) is 37.3 Å². The highest BCUT2D eigenvalue weighted by Gasteiger charge is 2.29. The van der Waals surface area contributed by atoms with Crippen LogP contribution in [0, 0.1) is 11.7 Å². The number of aromatic nitrogens is 3. The van der Waals surface area contributed by atoms with Crippen molar-refractivity contribution in [2.45, 2.75) is 38.3 Å². The van der Waals surface area contributed by atoms with Crippen LogP contribution in [0.5, 0.6) is 0 Å². The molecule has 0 unspecified atom stereocenters.